The van der Waals surface area contributed by atoms with Crippen LogP contribution in [-0.4, -0.2) is 50.2 Å². The Morgan fingerprint density at radius 1 is 1.56 bits per heavy atom. The van der Waals surface area contributed by atoms with Crippen molar-refractivity contribution < 1.29 is 9.53 Å². The van der Waals surface area contributed by atoms with Crippen LogP contribution in [0.2, 0.25) is 0 Å². The lowest BCUT2D eigenvalue weighted by Crippen LogP contribution is -2.40. The van der Waals surface area contributed by atoms with Crippen molar-refractivity contribution in [3.8, 4) is 0 Å². The first-order valence-corrected chi connectivity index (χ1v) is 6.14. The number of rotatable bonds is 5. The molecule has 0 aromatic carbocycles. The van der Waals surface area contributed by atoms with Gasteiger partial charge in [0.15, 0.2) is 0 Å². The minimum atomic E-state index is 0.00178. The Labute approximate surface area is 98.3 Å². The van der Waals surface area contributed by atoms with Gasteiger partial charge in [-0.15, -0.1) is 0 Å². The van der Waals surface area contributed by atoms with Gasteiger partial charge in [0, 0.05) is 13.1 Å². The molecule has 94 valence electrons. The molecule has 1 amide bonds. The molecule has 1 saturated heterocycles. The molecule has 1 unspecified atom stereocenters. The summed E-state index contributed by atoms with van der Waals surface area (Å²) in [5.74, 6) is 0.601. The van der Waals surface area contributed by atoms with E-state index in [4.69, 9.17) is 4.74 Å². The van der Waals surface area contributed by atoms with Crippen molar-refractivity contribution in [2.45, 2.75) is 32.8 Å². The summed E-state index contributed by atoms with van der Waals surface area (Å²) in [6.45, 7) is 7.10. The van der Waals surface area contributed by atoms with Crippen molar-refractivity contribution in [2.75, 3.05) is 33.3 Å². The summed E-state index contributed by atoms with van der Waals surface area (Å²) < 4.78 is 5.24. The molecule has 0 aromatic heterocycles. The molecule has 1 rings (SSSR count). The Balaban J connectivity index is 2.11. The van der Waals surface area contributed by atoms with E-state index in [0.717, 1.165) is 13.1 Å². The summed E-state index contributed by atoms with van der Waals surface area (Å²) in [5, 5.41) is 2.94. The van der Waals surface area contributed by atoms with Crippen molar-refractivity contribution in [1.29, 1.82) is 0 Å². The lowest BCUT2D eigenvalue weighted by Gasteiger charge is -2.29. The number of hydrogen-bond donors (Lipinski definition) is 1. The maximum Gasteiger partial charge on any atom is 0.246 e. The van der Waals surface area contributed by atoms with Crippen molar-refractivity contribution >= 4 is 5.91 Å². The lowest BCUT2D eigenvalue weighted by molar-refractivity contribution is -0.127. The van der Waals surface area contributed by atoms with Crippen LogP contribution in [0.25, 0.3) is 0 Å². The maximum absolute atomic E-state index is 11.4. The first kappa shape index (κ1) is 13.5. The van der Waals surface area contributed by atoms with Crippen LogP contribution in [0.4, 0.5) is 0 Å². The molecule has 4 heteroatoms. The number of piperidine rings is 1. The molecule has 1 aliphatic heterocycles. The number of ether oxygens (including phenoxy) is 1. The summed E-state index contributed by atoms with van der Waals surface area (Å²) in [6, 6.07) is 0. The van der Waals surface area contributed by atoms with E-state index in [2.05, 4.69) is 17.3 Å². The van der Waals surface area contributed by atoms with Gasteiger partial charge in [0.1, 0.15) is 6.61 Å². The first-order chi connectivity index (χ1) is 7.58. The van der Waals surface area contributed by atoms with Gasteiger partial charge in [-0.2, -0.15) is 0 Å². The van der Waals surface area contributed by atoms with Crippen molar-refractivity contribution in [1.82, 2.24) is 10.2 Å². The molecule has 0 radical (unpaired) electrons. The second-order valence-electron chi connectivity index (χ2n) is 4.93. The molecule has 1 heterocycles. The Hall–Kier alpha value is -0.610. The van der Waals surface area contributed by atoms with Crippen molar-refractivity contribution in [2.24, 2.45) is 5.92 Å². The third-order valence-electron chi connectivity index (χ3n) is 2.86. The molecule has 0 spiro atoms. The predicted octanol–water partition coefficient (Wildman–Crippen LogP) is 0.869. The van der Waals surface area contributed by atoms with E-state index in [1.807, 2.05) is 13.8 Å². The summed E-state index contributed by atoms with van der Waals surface area (Å²) in [7, 11) is 2.13. The van der Waals surface area contributed by atoms with E-state index in [9.17, 15) is 4.79 Å². The average molecular weight is 228 g/mol. The number of nitrogens with one attached hydrogen (secondary N) is 1. The van der Waals surface area contributed by atoms with Crippen LogP contribution < -0.4 is 5.32 Å². The van der Waals surface area contributed by atoms with Gasteiger partial charge in [-0.05, 0) is 46.2 Å². The molecular weight excluding hydrogens is 204 g/mol. The zero-order valence-corrected chi connectivity index (χ0v) is 10.7. The minimum absolute atomic E-state index is 0.00178. The van der Waals surface area contributed by atoms with Gasteiger partial charge in [0.2, 0.25) is 5.91 Å². The van der Waals surface area contributed by atoms with Crippen LogP contribution >= 0.6 is 0 Å². The van der Waals surface area contributed by atoms with Crippen LogP contribution in [0, 0.1) is 5.92 Å². The predicted molar refractivity (Wildman–Crippen MR) is 64.3 cm³/mol. The highest BCUT2D eigenvalue weighted by Gasteiger charge is 2.17. The van der Waals surface area contributed by atoms with Crippen LogP contribution in [0.3, 0.4) is 0 Å². The zero-order valence-electron chi connectivity index (χ0n) is 10.7. The Morgan fingerprint density at radius 3 is 2.94 bits per heavy atom. The summed E-state index contributed by atoms with van der Waals surface area (Å²) >= 11 is 0. The van der Waals surface area contributed by atoms with Crippen LogP contribution in [-0.2, 0) is 9.53 Å². The fraction of sp³-hybridized carbons (Fsp3) is 0.917. The lowest BCUT2D eigenvalue weighted by atomic mass is 9.98. The molecule has 0 saturated carbocycles. The number of amides is 1. The average Bonchev–Trinajstić information content (AvgIpc) is 2.23. The number of nitrogens with zero attached hydrogens (tertiary/aromatic N) is 1. The van der Waals surface area contributed by atoms with Crippen LogP contribution in [0.15, 0.2) is 0 Å². The zero-order chi connectivity index (χ0) is 12.0. The molecule has 1 aliphatic rings. The smallest absolute Gasteiger partial charge is 0.246 e. The Bertz CT molecular complexity index is 219. The van der Waals surface area contributed by atoms with Crippen LogP contribution in [0.1, 0.15) is 26.7 Å². The number of carbonyl (C=O) groups is 1. The van der Waals surface area contributed by atoms with Gasteiger partial charge in [-0.25, -0.2) is 0 Å². The SMILES string of the molecule is CC(C)OCC(=O)NCC1CCCN(C)C1. The van der Waals surface area contributed by atoms with E-state index in [0.29, 0.717) is 5.92 Å². The fourth-order valence-electron chi connectivity index (χ4n) is 1.99. The van der Waals surface area contributed by atoms with Crippen LogP contribution in [0.5, 0.6) is 0 Å². The van der Waals surface area contributed by atoms with Gasteiger partial charge < -0.3 is 15.0 Å². The summed E-state index contributed by atoms with van der Waals surface area (Å²) in [4.78, 5) is 13.7. The maximum atomic E-state index is 11.4. The molecule has 0 aromatic rings. The third kappa shape index (κ3) is 5.47. The second kappa shape index (κ2) is 6.86. The highest BCUT2D eigenvalue weighted by Crippen LogP contribution is 2.13. The van der Waals surface area contributed by atoms with Gasteiger partial charge >= 0.3 is 0 Å². The van der Waals surface area contributed by atoms with E-state index < -0.39 is 0 Å². The topological polar surface area (TPSA) is 41.6 Å². The van der Waals surface area contributed by atoms with E-state index in [-0.39, 0.29) is 18.6 Å². The number of likely N-dealkylation sites (tertiary alicyclic amines) is 1. The molecule has 0 aliphatic carbocycles. The Kier molecular flexibility index (Phi) is 5.77. The quantitative estimate of drug-likeness (QED) is 0.759. The molecule has 1 fully saturated rings. The van der Waals surface area contributed by atoms with Crippen molar-refractivity contribution in [3.05, 3.63) is 0 Å². The molecule has 1 N–H and O–H groups in total. The molecule has 0 bridgehead atoms. The number of hydrogen-bond acceptors (Lipinski definition) is 3. The van der Waals surface area contributed by atoms with E-state index >= 15 is 0 Å². The summed E-state index contributed by atoms with van der Waals surface area (Å²) in [6.07, 6.45) is 2.57. The highest BCUT2D eigenvalue weighted by molar-refractivity contribution is 5.77. The molecule has 1 atom stereocenters. The van der Waals surface area contributed by atoms with E-state index in [1.54, 1.807) is 0 Å². The normalized spacial score (nSPS) is 22.4. The molecule has 4 nitrogen and oxygen atoms in total. The minimum Gasteiger partial charge on any atom is -0.369 e. The summed E-state index contributed by atoms with van der Waals surface area (Å²) in [5.41, 5.74) is 0. The molecular formula is C12H24N2O2. The van der Waals surface area contributed by atoms with Gasteiger partial charge in [-0.3, -0.25) is 4.79 Å². The van der Waals surface area contributed by atoms with E-state index in [1.165, 1.54) is 19.4 Å². The second-order valence-corrected chi connectivity index (χ2v) is 4.93. The number of carbonyl (C=O) groups excluding carboxylic acids is 1. The van der Waals surface area contributed by atoms with Gasteiger partial charge in [-0.1, -0.05) is 0 Å². The Morgan fingerprint density at radius 2 is 2.31 bits per heavy atom. The fourth-order valence-corrected chi connectivity index (χ4v) is 1.99. The largest absolute Gasteiger partial charge is 0.369 e. The standard InChI is InChI=1S/C12H24N2O2/c1-10(2)16-9-12(15)13-7-11-5-4-6-14(3)8-11/h10-11H,4-9H2,1-3H3,(H,13,15). The monoisotopic (exact) mass is 228 g/mol. The first-order valence-electron chi connectivity index (χ1n) is 6.14. The van der Waals surface area contributed by atoms with Gasteiger partial charge in [0.25, 0.3) is 0 Å². The highest BCUT2D eigenvalue weighted by atomic mass is 16.5. The third-order valence-corrected chi connectivity index (χ3v) is 2.86. The van der Waals surface area contributed by atoms with Crippen molar-refractivity contribution in [3.63, 3.8) is 0 Å². The molecule has 16 heavy (non-hydrogen) atoms. The van der Waals surface area contributed by atoms with Gasteiger partial charge in [0.05, 0.1) is 6.10 Å².